The number of halogens is 3. The van der Waals surface area contributed by atoms with Gasteiger partial charge in [0, 0.05) is 26.2 Å². The Balaban J connectivity index is 1.92. The van der Waals surface area contributed by atoms with Crippen LogP contribution < -0.4 is 5.32 Å². The highest BCUT2D eigenvalue weighted by molar-refractivity contribution is 5.76. The standard InChI is InChI=1S/C14H16F3NO2/c15-14(16,17)12-4-2-1-3-11(12)8-18-13(19)7-10-5-6-20-9-10/h1-4,10H,5-9H2,(H,18,19). The molecule has 110 valence electrons. The molecule has 1 unspecified atom stereocenters. The van der Waals surface area contributed by atoms with E-state index in [9.17, 15) is 18.0 Å². The fourth-order valence-corrected chi connectivity index (χ4v) is 2.22. The van der Waals surface area contributed by atoms with Crippen LogP contribution in [0.4, 0.5) is 13.2 Å². The lowest BCUT2D eigenvalue weighted by atomic mass is 10.0. The summed E-state index contributed by atoms with van der Waals surface area (Å²) in [5, 5.41) is 2.54. The molecular formula is C14H16F3NO2. The van der Waals surface area contributed by atoms with Gasteiger partial charge in [-0.3, -0.25) is 4.79 Å². The summed E-state index contributed by atoms with van der Waals surface area (Å²) in [5.41, 5.74) is -0.625. The van der Waals surface area contributed by atoms with Gasteiger partial charge in [-0.15, -0.1) is 0 Å². The van der Waals surface area contributed by atoms with Gasteiger partial charge in [0.2, 0.25) is 5.91 Å². The van der Waals surface area contributed by atoms with Crippen LogP contribution in [-0.2, 0) is 22.3 Å². The van der Waals surface area contributed by atoms with Gasteiger partial charge < -0.3 is 10.1 Å². The van der Waals surface area contributed by atoms with Gasteiger partial charge in [-0.2, -0.15) is 13.2 Å². The summed E-state index contributed by atoms with van der Waals surface area (Å²) < 4.78 is 43.5. The number of amides is 1. The number of ether oxygens (including phenoxy) is 1. The quantitative estimate of drug-likeness (QED) is 0.924. The van der Waals surface area contributed by atoms with Gasteiger partial charge in [-0.25, -0.2) is 0 Å². The number of benzene rings is 1. The molecule has 1 aromatic rings. The van der Waals surface area contributed by atoms with Crippen LogP contribution in [0.1, 0.15) is 24.0 Å². The Labute approximate surface area is 115 Å². The molecule has 0 spiro atoms. The van der Waals surface area contributed by atoms with E-state index in [2.05, 4.69) is 5.32 Å². The van der Waals surface area contributed by atoms with Crippen LogP contribution in [0.25, 0.3) is 0 Å². The molecule has 2 rings (SSSR count). The van der Waals surface area contributed by atoms with Gasteiger partial charge in [0.15, 0.2) is 0 Å². The maximum Gasteiger partial charge on any atom is 0.416 e. The molecule has 3 nitrogen and oxygen atoms in total. The fourth-order valence-electron chi connectivity index (χ4n) is 2.22. The van der Waals surface area contributed by atoms with Crippen molar-refractivity contribution in [2.45, 2.75) is 25.6 Å². The fraction of sp³-hybridized carbons (Fsp3) is 0.500. The molecule has 1 fully saturated rings. The van der Waals surface area contributed by atoms with Crippen molar-refractivity contribution in [1.82, 2.24) is 5.32 Å². The second-order valence-electron chi connectivity index (χ2n) is 4.87. The molecule has 1 amide bonds. The van der Waals surface area contributed by atoms with Crippen molar-refractivity contribution >= 4 is 5.91 Å². The Morgan fingerprint density at radius 2 is 2.10 bits per heavy atom. The van der Waals surface area contributed by atoms with Crippen LogP contribution in [-0.4, -0.2) is 19.1 Å². The van der Waals surface area contributed by atoms with Gasteiger partial charge in [0.1, 0.15) is 0 Å². The Morgan fingerprint density at radius 3 is 2.75 bits per heavy atom. The van der Waals surface area contributed by atoms with Crippen LogP contribution in [0, 0.1) is 5.92 Å². The van der Waals surface area contributed by atoms with E-state index in [0.717, 1.165) is 12.5 Å². The maximum atomic E-state index is 12.8. The predicted molar refractivity (Wildman–Crippen MR) is 66.8 cm³/mol. The number of rotatable bonds is 4. The van der Waals surface area contributed by atoms with Crippen LogP contribution in [0.5, 0.6) is 0 Å². The average Bonchev–Trinajstić information content (AvgIpc) is 2.88. The van der Waals surface area contributed by atoms with Gasteiger partial charge in [0.25, 0.3) is 0 Å². The van der Waals surface area contributed by atoms with Crippen LogP contribution >= 0.6 is 0 Å². The molecule has 1 atom stereocenters. The normalized spacial score (nSPS) is 19.1. The van der Waals surface area contributed by atoms with Crippen LogP contribution in [0.15, 0.2) is 24.3 Å². The maximum absolute atomic E-state index is 12.8. The molecule has 1 aliphatic rings. The largest absolute Gasteiger partial charge is 0.416 e. The van der Waals surface area contributed by atoms with Crippen LogP contribution in [0.3, 0.4) is 0 Å². The highest BCUT2D eigenvalue weighted by Crippen LogP contribution is 2.31. The first-order valence-electron chi connectivity index (χ1n) is 6.46. The van der Waals surface area contributed by atoms with E-state index in [1.807, 2.05) is 0 Å². The molecule has 0 aromatic heterocycles. The minimum atomic E-state index is -4.40. The van der Waals surface area contributed by atoms with E-state index in [1.54, 1.807) is 0 Å². The van der Waals surface area contributed by atoms with E-state index in [1.165, 1.54) is 18.2 Å². The van der Waals surface area contributed by atoms with Crippen molar-refractivity contribution in [2.24, 2.45) is 5.92 Å². The number of hydrogen-bond acceptors (Lipinski definition) is 2. The van der Waals surface area contributed by atoms with Crippen molar-refractivity contribution in [1.29, 1.82) is 0 Å². The van der Waals surface area contributed by atoms with Crippen molar-refractivity contribution in [3.63, 3.8) is 0 Å². The lowest BCUT2D eigenvalue weighted by molar-refractivity contribution is -0.138. The van der Waals surface area contributed by atoms with E-state index in [-0.39, 0.29) is 23.9 Å². The summed E-state index contributed by atoms with van der Waals surface area (Å²) in [6.07, 6.45) is -3.28. The first-order valence-corrected chi connectivity index (χ1v) is 6.46. The lowest BCUT2D eigenvalue weighted by Gasteiger charge is -2.14. The molecule has 0 radical (unpaired) electrons. The molecule has 0 saturated carbocycles. The summed E-state index contributed by atoms with van der Waals surface area (Å²) >= 11 is 0. The third-order valence-electron chi connectivity index (χ3n) is 3.30. The summed E-state index contributed by atoms with van der Waals surface area (Å²) in [4.78, 5) is 11.7. The van der Waals surface area contributed by atoms with Gasteiger partial charge in [0.05, 0.1) is 5.56 Å². The molecule has 1 N–H and O–H groups in total. The first kappa shape index (κ1) is 14.8. The number of nitrogens with one attached hydrogen (secondary N) is 1. The predicted octanol–water partition coefficient (Wildman–Crippen LogP) is 2.75. The highest BCUT2D eigenvalue weighted by atomic mass is 19.4. The van der Waals surface area contributed by atoms with Crippen molar-refractivity contribution in [3.05, 3.63) is 35.4 Å². The number of carbonyl (C=O) groups is 1. The molecule has 0 bridgehead atoms. The summed E-state index contributed by atoms with van der Waals surface area (Å²) in [6.45, 7) is 1.09. The third-order valence-corrected chi connectivity index (χ3v) is 3.30. The summed E-state index contributed by atoms with van der Waals surface area (Å²) in [6, 6.07) is 5.26. The molecule has 1 saturated heterocycles. The SMILES string of the molecule is O=C(CC1CCOC1)NCc1ccccc1C(F)(F)F. The van der Waals surface area contributed by atoms with Gasteiger partial charge >= 0.3 is 6.18 Å². The summed E-state index contributed by atoms with van der Waals surface area (Å²) in [5.74, 6) is -0.0645. The molecule has 20 heavy (non-hydrogen) atoms. The van der Waals surface area contributed by atoms with E-state index >= 15 is 0 Å². The highest BCUT2D eigenvalue weighted by Gasteiger charge is 2.32. The number of carbonyl (C=O) groups excluding carboxylic acids is 1. The Kier molecular flexibility index (Phi) is 4.65. The molecule has 0 aliphatic carbocycles. The Morgan fingerprint density at radius 1 is 1.35 bits per heavy atom. The van der Waals surface area contributed by atoms with Gasteiger partial charge in [-0.05, 0) is 24.0 Å². The van der Waals surface area contributed by atoms with Crippen LogP contribution in [0.2, 0.25) is 0 Å². The Hall–Kier alpha value is -1.56. The van der Waals surface area contributed by atoms with E-state index in [4.69, 9.17) is 4.74 Å². The third kappa shape index (κ3) is 3.96. The van der Waals surface area contributed by atoms with Gasteiger partial charge in [-0.1, -0.05) is 18.2 Å². The van der Waals surface area contributed by atoms with Crippen molar-refractivity contribution < 1.29 is 22.7 Å². The monoisotopic (exact) mass is 287 g/mol. The minimum Gasteiger partial charge on any atom is -0.381 e. The second-order valence-corrected chi connectivity index (χ2v) is 4.87. The van der Waals surface area contributed by atoms with Crippen molar-refractivity contribution in [3.8, 4) is 0 Å². The zero-order chi connectivity index (χ0) is 14.6. The zero-order valence-corrected chi connectivity index (χ0v) is 10.9. The second kappa shape index (κ2) is 6.26. The smallest absolute Gasteiger partial charge is 0.381 e. The molecule has 6 heteroatoms. The van der Waals surface area contributed by atoms with Crippen molar-refractivity contribution in [2.75, 3.05) is 13.2 Å². The summed E-state index contributed by atoms with van der Waals surface area (Å²) in [7, 11) is 0. The zero-order valence-electron chi connectivity index (χ0n) is 10.9. The number of alkyl halides is 3. The van der Waals surface area contributed by atoms with E-state index in [0.29, 0.717) is 19.6 Å². The number of hydrogen-bond donors (Lipinski definition) is 1. The average molecular weight is 287 g/mol. The first-order chi connectivity index (χ1) is 9.47. The molecule has 1 aromatic carbocycles. The molecule has 1 aliphatic heterocycles. The Bertz CT molecular complexity index is 468. The lowest BCUT2D eigenvalue weighted by Crippen LogP contribution is -2.26. The minimum absolute atomic E-state index is 0.0796. The molecule has 1 heterocycles. The molecular weight excluding hydrogens is 271 g/mol. The van der Waals surface area contributed by atoms with E-state index < -0.39 is 11.7 Å². The topological polar surface area (TPSA) is 38.3 Å².